The summed E-state index contributed by atoms with van der Waals surface area (Å²) in [6, 6.07) is 9.95. The number of nitriles is 1. The molecule has 41 heavy (non-hydrogen) atoms. The molecule has 0 atom stereocenters. The molecule has 218 valence electrons. The minimum absolute atomic E-state index is 0.247. The predicted octanol–water partition coefficient (Wildman–Crippen LogP) is 12.6. The third kappa shape index (κ3) is 9.97. The molecule has 2 aromatic heterocycles. The number of carbonyl (C=O) groups is 1. The minimum Gasteiger partial charge on any atom is -0.477 e. The van der Waals surface area contributed by atoms with Gasteiger partial charge in [0.1, 0.15) is 11.6 Å². The summed E-state index contributed by atoms with van der Waals surface area (Å²) in [5, 5.41) is 20.5. The zero-order chi connectivity index (χ0) is 29.0. The lowest BCUT2D eigenvalue weighted by Crippen LogP contribution is -1.96. The molecule has 0 fully saturated rings. The Kier molecular flexibility index (Phi) is 14.3. The monoisotopic (exact) mass is 695 g/mol. The summed E-state index contributed by atoms with van der Waals surface area (Å²) in [5.74, 6) is 1.22. The molecule has 4 rings (SSSR count). The minimum atomic E-state index is -1.20. The number of carboxylic acids is 1. The molecule has 0 saturated carbocycles. The second-order valence-electron chi connectivity index (χ2n) is 9.22. The molecule has 0 spiro atoms. The number of rotatable bonds is 16. The van der Waals surface area contributed by atoms with Crippen molar-refractivity contribution >= 4 is 110 Å². The SMILES string of the molecule is CCCCCCSC1=C(SCCCCCC)SC(=C2SC=C(c3ccc(-c4ccc(/C=C(/C#N)C(=O)O)s4)s3)S2)S1. The lowest BCUT2D eigenvalue weighted by Gasteiger charge is -2.05. The molecule has 0 bridgehead atoms. The van der Waals surface area contributed by atoms with Gasteiger partial charge in [-0.05, 0) is 60.1 Å². The molecule has 3 nitrogen and oxygen atoms in total. The molecule has 0 aromatic carbocycles. The van der Waals surface area contributed by atoms with E-state index >= 15 is 0 Å². The number of unbranched alkanes of at least 4 members (excludes halogenated alkanes) is 6. The maximum absolute atomic E-state index is 11.2. The topological polar surface area (TPSA) is 61.1 Å². The van der Waals surface area contributed by atoms with Crippen molar-refractivity contribution < 1.29 is 9.90 Å². The van der Waals surface area contributed by atoms with Crippen LogP contribution in [0.5, 0.6) is 0 Å². The first-order valence-corrected chi connectivity index (χ1v) is 20.7. The highest BCUT2D eigenvalue weighted by atomic mass is 32.3. The first-order valence-electron chi connectivity index (χ1n) is 13.7. The van der Waals surface area contributed by atoms with Crippen LogP contribution in [0, 0.1) is 11.3 Å². The molecule has 0 aliphatic carbocycles. The van der Waals surface area contributed by atoms with Crippen molar-refractivity contribution in [2.75, 3.05) is 11.5 Å². The van der Waals surface area contributed by atoms with Crippen molar-refractivity contribution in [3.05, 3.63) is 61.9 Å². The van der Waals surface area contributed by atoms with Crippen molar-refractivity contribution in [3.8, 4) is 15.8 Å². The van der Waals surface area contributed by atoms with Crippen molar-refractivity contribution in [2.24, 2.45) is 0 Å². The predicted molar refractivity (Wildman–Crippen MR) is 194 cm³/mol. The Morgan fingerprint density at radius 3 is 2.05 bits per heavy atom. The summed E-state index contributed by atoms with van der Waals surface area (Å²) in [4.78, 5) is 16.7. The van der Waals surface area contributed by atoms with Gasteiger partial charge in [-0.15, -0.1) is 46.2 Å². The van der Waals surface area contributed by atoms with Gasteiger partial charge in [0.15, 0.2) is 0 Å². The molecule has 0 radical (unpaired) electrons. The van der Waals surface area contributed by atoms with E-state index in [2.05, 4.69) is 54.9 Å². The number of nitrogens with zero attached hydrogens (tertiary/aromatic N) is 1. The average molecular weight is 696 g/mol. The van der Waals surface area contributed by atoms with Crippen LogP contribution in [0.15, 0.2) is 52.2 Å². The van der Waals surface area contributed by atoms with Gasteiger partial charge >= 0.3 is 5.97 Å². The zero-order valence-electron chi connectivity index (χ0n) is 23.1. The Bertz CT molecular complexity index is 1350. The van der Waals surface area contributed by atoms with Crippen molar-refractivity contribution in [1.82, 2.24) is 0 Å². The van der Waals surface area contributed by atoms with E-state index in [0.717, 1.165) is 14.6 Å². The molecule has 4 heterocycles. The summed E-state index contributed by atoms with van der Waals surface area (Å²) in [5.41, 5.74) is -0.247. The van der Waals surface area contributed by atoms with E-state index < -0.39 is 5.97 Å². The molecule has 0 saturated heterocycles. The fourth-order valence-electron chi connectivity index (χ4n) is 3.82. The van der Waals surface area contributed by atoms with Crippen LogP contribution in [-0.4, -0.2) is 22.6 Å². The van der Waals surface area contributed by atoms with E-state index in [1.807, 2.05) is 59.2 Å². The van der Waals surface area contributed by atoms with Gasteiger partial charge in [-0.3, -0.25) is 0 Å². The Hall–Kier alpha value is -0.580. The normalized spacial score (nSPS) is 15.6. The van der Waals surface area contributed by atoms with E-state index in [1.54, 1.807) is 17.4 Å². The van der Waals surface area contributed by atoms with Gasteiger partial charge in [-0.25, -0.2) is 4.79 Å². The van der Waals surface area contributed by atoms with E-state index in [1.165, 1.54) is 107 Å². The van der Waals surface area contributed by atoms with Crippen LogP contribution in [0.4, 0.5) is 0 Å². The summed E-state index contributed by atoms with van der Waals surface area (Å²) >= 11 is 15.1. The number of thiophene rings is 2. The van der Waals surface area contributed by atoms with Gasteiger partial charge in [-0.2, -0.15) is 5.26 Å². The van der Waals surface area contributed by atoms with E-state index in [0.29, 0.717) is 0 Å². The lowest BCUT2D eigenvalue weighted by atomic mass is 10.2. The summed E-state index contributed by atoms with van der Waals surface area (Å²) < 4.78 is 5.83. The van der Waals surface area contributed by atoms with E-state index in [9.17, 15) is 4.79 Å². The van der Waals surface area contributed by atoms with Gasteiger partial charge in [0.05, 0.1) is 16.9 Å². The van der Waals surface area contributed by atoms with Gasteiger partial charge in [0.2, 0.25) is 0 Å². The molecule has 2 aromatic rings. The van der Waals surface area contributed by atoms with Crippen molar-refractivity contribution in [3.63, 3.8) is 0 Å². The Balaban J connectivity index is 1.39. The number of thioether (sulfide) groups is 6. The van der Waals surface area contributed by atoms with Crippen LogP contribution >= 0.6 is 93.2 Å². The van der Waals surface area contributed by atoms with Crippen LogP contribution in [0.25, 0.3) is 20.7 Å². The third-order valence-corrected chi connectivity index (χ3v) is 17.1. The second kappa shape index (κ2) is 17.6. The first kappa shape index (κ1) is 33.3. The van der Waals surface area contributed by atoms with Crippen LogP contribution in [0.2, 0.25) is 0 Å². The molecule has 2 aliphatic heterocycles. The lowest BCUT2D eigenvalue weighted by molar-refractivity contribution is -0.132. The molecular formula is C30H33NO2S8. The Labute approximate surface area is 277 Å². The van der Waals surface area contributed by atoms with E-state index in [4.69, 9.17) is 10.4 Å². The molecule has 0 amide bonds. The largest absolute Gasteiger partial charge is 0.477 e. The summed E-state index contributed by atoms with van der Waals surface area (Å²) in [6.45, 7) is 4.54. The third-order valence-electron chi connectivity index (χ3n) is 6.00. The van der Waals surface area contributed by atoms with Crippen LogP contribution < -0.4 is 0 Å². The fourth-order valence-corrected chi connectivity index (χ4v) is 14.6. The van der Waals surface area contributed by atoms with Gasteiger partial charge in [0.25, 0.3) is 0 Å². The number of hydrogen-bond acceptors (Lipinski definition) is 10. The molecule has 0 unspecified atom stereocenters. The van der Waals surface area contributed by atoms with Crippen LogP contribution in [0.3, 0.4) is 0 Å². The number of aliphatic carboxylic acids is 1. The van der Waals surface area contributed by atoms with Crippen LogP contribution in [0.1, 0.15) is 75.0 Å². The van der Waals surface area contributed by atoms with Crippen molar-refractivity contribution in [2.45, 2.75) is 65.2 Å². The summed E-state index contributed by atoms with van der Waals surface area (Å²) in [7, 11) is 0. The van der Waals surface area contributed by atoms with Crippen molar-refractivity contribution in [1.29, 1.82) is 5.26 Å². The smallest absolute Gasteiger partial charge is 0.346 e. The van der Waals surface area contributed by atoms with E-state index in [-0.39, 0.29) is 5.57 Å². The highest BCUT2D eigenvalue weighted by Gasteiger charge is 2.28. The highest BCUT2D eigenvalue weighted by Crippen LogP contribution is 2.63. The Morgan fingerprint density at radius 2 is 1.44 bits per heavy atom. The molecule has 11 heteroatoms. The first-order chi connectivity index (χ1) is 20.0. The second-order valence-corrected chi connectivity index (χ2v) is 18.6. The van der Waals surface area contributed by atoms with Gasteiger partial charge < -0.3 is 5.11 Å². The summed E-state index contributed by atoms with van der Waals surface area (Å²) in [6.07, 6.45) is 11.9. The maximum atomic E-state index is 11.2. The standard InChI is InChI=1S/C30H33NO2S8/c1-3-5-7-9-15-34-27-28(35-16-10-8-6-4-2)41-30(40-27)29-36-19-25(39-29)24-14-13-23(38-24)22-12-11-21(37-22)17-20(18-31)26(32)33/h11-14,17,19H,3-10,15-16H2,1-2H3,(H,32,33)/b20-17-. The number of hydrogen-bond donors (Lipinski definition) is 1. The molecular weight excluding hydrogens is 663 g/mol. The zero-order valence-corrected chi connectivity index (χ0v) is 29.6. The molecule has 2 aliphatic rings. The Morgan fingerprint density at radius 1 is 0.829 bits per heavy atom. The average Bonchev–Trinajstić information content (AvgIpc) is 3.77. The van der Waals surface area contributed by atoms with Crippen LogP contribution in [-0.2, 0) is 4.79 Å². The maximum Gasteiger partial charge on any atom is 0.346 e. The van der Waals surface area contributed by atoms with Gasteiger partial charge in [-0.1, -0.05) is 99.4 Å². The fraction of sp³-hybridized carbons (Fsp3) is 0.400. The highest BCUT2D eigenvalue weighted by molar-refractivity contribution is 8.42. The number of carboxylic acid groups (broad SMARTS) is 1. The van der Waals surface area contributed by atoms with Gasteiger partial charge in [0, 0.05) is 24.4 Å². The molecule has 1 N–H and O–H groups in total. The quantitative estimate of drug-likeness (QED) is 0.105.